The molecule has 0 bridgehead atoms. The second-order valence-corrected chi connectivity index (χ2v) is 2.48. The smallest absolute Gasteiger partial charge is 0.206 e. The van der Waals surface area contributed by atoms with Crippen molar-refractivity contribution in [2.45, 2.75) is 19.5 Å². The molecule has 0 aliphatic rings. The zero-order valence-corrected chi connectivity index (χ0v) is 7.21. The first-order chi connectivity index (χ1) is 5.79. The van der Waals surface area contributed by atoms with Crippen LogP contribution in [0.25, 0.3) is 0 Å². The highest BCUT2D eigenvalue weighted by atomic mass is 19.4. The van der Waals surface area contributed by atoms with Gasteiger partial charge in [-0.1, -0.05) is 25.7 Å². The molecule has 0 aromatic rings. The predicted molar refractivity (Wildman–Crippen MR) is 43.8 cm³/mol. The van der Waals surface area contributed by atoms with Gasteiger partial charge in [-0.25, -0.2) is 4.39 Å². The lowest BCUT2D eigenvalue weighted by molar-refractivity contribution is -0.0906. The summed E-state index contributed by atoms with van der Waals surface area (Å²) in [6, 6.07) is 0. The molecule has 0 rings (SSSR count). The average molecular weight is 194 g/mol. The van der Waals surface area contributed by atoms with Gasteiger partial charge in [0.15, 0.2) is 0 Å². The molecule has 0 spiro atoms. The molecule has 0 atom stereocenters. The Labute approximate surface area is 74.3 Å². The second-order valence-electron chi connectivity index (χ2n) is 2.48. The van der Waals surface area contributed by atoms with Crippen molar-refractivity contribution in [3.05, 3.63) is 36.2 Å². The van der Waals surface area contributed by atoms with Gasteiger partial charge in [0, 0.05) is 0 Å². The molecule has 0 nitrogen and oxygen atoms in total. The van der Waals surface area contributed by atoms with Crippen molar-refractivity contribution in [2.75, 3.05) is 0 Å². The molecule has 0 aliphatic carbocycles. The van der Waals surface area contributed by atoms with E-state index < -0.39 is 17.6 Å². The van der Waals surface area contributed by atoms with Crippen molar-refractivity contribution in [1.82, 2.24) is 0 Å². The number of rotatable bonds is 3. The molecule has 0 radical (unpaired) electrons. The van der Waals surface area contributed by atoms with E-state index in [0.29, 0.717) is 12.0 Å². The van der Waals surface area contributed by atoms with Crippen molar-refractivity contribution in [3.63, 3.8) is 0 Å². The van der Waals surface area contributed by atoms with Gasteiger partial charge >= 0.3 is 6.18 Å². The average Bonchev–Trinajstić information content (AvgIpc) is 2.01. The van der Waals surface area contributed by atoms with Gasteiger partial charge in [0.05, 0.1) is 5.57 Å². The lowest BCUT2D eigenvalue weighted by Gasteiger charge is -2.07. The van der Waals surface area contributed by atoms with Gasteiger partial charge in [0.25, 0.3) is 0 Å². The van der Waals surface area contributed by atoms with Crippen LogP contribution in [0.4, 0.5) is 17.6 Å². The highest BCUT2D eigenvalue weighted by Crippen LogP contribution is 2.30. The van der Waals surface area contributed by atoms with Gasteiger partial charge < -0.3 is 0 Å². The first-order valence-corrected chi connectivity index (χ1v) is 3.60. The lowest BCUT2D eigenvalue weighted by Crippen LogP contribution is -2.11. The van der Waals surface area contributed by atoms with Crippen LogP contribution in [0.3, 0.4) is 0 Å². The minimum Gasteiger partial charge on any atom is -0.206 e. The minimum atomic E-state index is -4.71. The topological polar surface area (TPSA) is 0 Å². The Morgan fingerprint density at radius 3 is 2.08 bits per heavy atom. The van der Waals surface area contributed by atoms with Gasteiger partial charge in [-0.05, 0) is 12.5 Å². The predicted octanol–water partition coefficient (Wildman–Crippen LogP) is 3.92. The van der Waals surface area contributed by atoms with Crippen molar-refractivity contribution in [3.8, 4) is 0 Å². The number of alkyl halides is 3. The van der Waals surface area contributed by atoms with Crippen LogP contribution in [-0.4, -0.2) is 6.18 Å². The third-order valence-corrected chi connectivity index (χ3v) is 1.42. The number of halogens is 4. The number of allylic oxidation sites excluding steroid dienone is 4. The van der Waals surface area contributed by atoms with E-state index in [4.69, 9.17) is 0 Å². The molecule has 0 aliphatic heterocycles. The summed E-state index contributed by atoms with van der Waals surface area (Å²) in [6.07, 6.45) is -3.57. The van der Waals surface area contributed by atoms with E-state index in [9.17, 15) is 17.6 Å². The Morgan fingerprint density at radius 2 is 1.77 bits per heavy atom. The van der Waals surface area contributed by atoms with Crippen LogP contribution in [0.1, 0.15) is 13.3 Å². The molecule has 0 saturated heterocycles. The van der Waals surface area contributed by atoms with Crippen LogP contribution in [0.15, 0.2) is 36.2 Å². The molecule has 0 saturated carbocycles. The summed E-state index contributed by atoms with van der Waals surface area (Å²) in [7, 11) is 0. The molecular weight excluding hydrogens is 184 g/mol. The Hall–Kier alpha value is -1.06. The normalized spacial score (nSPS) is 12.8. The fourth-order valence-electron chi connectivity index (χ4n) is 0.504. The minimum absolute atomic E-state index is 0.294. The maximum atomic E-state index is 12.7. The summed E-state index contributed by atoms with van der Waals surface area (Å²) in [5.74, 6) is -1.38. The van der Waals surface area contributed by atoms with E-state index in [1.54, 1.807) is 6.92 Å². The quantitative estimate of drug-likeness (QED) is 0.471. The van der Waals surface area contributed by atoms with Gasteiger partial charge in [-0.15, -0.1) is 0 Å². The highest BCUT2D eigenvalue weighted by Gasteiger charge is 2.34. The summed E-state index contributed by atoms with van der Waals surface area (Å²) < 4.78 is 48.2. The number of hydrogen-bond acceptors (Lipinski definition) is 0. The van der Waals surface area contributed by atoms with Crippen molar-refractivity contribution in [1.29, 1.82) is 0 Å². The highest BCUT2D eigenvalue weighted by molar-refractivity contribution is 5.32. The molecule has 0 fully saturated rings. The van der Waals surface area contributed by atoms with Crippen molar-refractivity contribution >= 4 is 0 Å². The molecule has 0 amide bonds. The molecule has 0 N–H and O–H groups in total. The van der Waals surface area contributed by atoms with E-state index in [1.165, 1.54) is 0 Å². The summed E-state index contributed by atoms with van der Waals surface area (Å²) in [6.45, 7) is 7.63. The Kier molecular flexibility index (Phi) is 3.91. The SMILES string of the molecule is C=C(/C=C(/F)C(=C)C(F)(F)F)CC. The number of hydrogen-bond donors (Lipinski definition) is 0. The van der Waals surface area contributed by atoms with Crippen LogP contribution in [0.5, 0.6) is 0 Å². The van der Waals surface area contributed by atoms with Crippen LogP contribution in [0, 0.1) is 0 Å². The summed E-state index contributed by atoms with van der Waals surface area (Å²) in [4.78, 5) is 0. The van der Waals surface area contributed by atoms with Gasteiger partial charge in [0.1, 0.15) is 5.83 Å². The first-order valence-electron chi connectivity index (χ1n) is 3.60. The second kappa shape index (κ2) is 4.25. The van der Waals surface area contributed by atoms with E-state index in [0.717, 1.165) is 6.08 Å². The molecule has 4 heteroatoms. The van der Waals surface area contributed by atoms with Crippen molar-refractivity contribution < 1.29 is 17.6 Å². The zero-order chi connectivity index (χ0) is 10.6. The van der Waals surface area contributed by atoms with E-state index in [1.807, 2.05) is 0 Å². The molecule has 13 heavy (non-hydrogen) atoms. The van der Waals surface area contributed by atoms with Crippen molar-refractivity contribution in [2.24, 2.45) is 0 Å². The Morgan fingerprint density at radius 1 is 1.31 bits per heavy atom. The molecular formula is C9H10F4. The molecule has 0 unspecified atom stereocenters. The molecule has 0 aromatic carbocycles. The Balaban J connectivity index is 4.62. The van der Waals surface area contributed by atoms with Crippen LogP contribution >= 0.6 is 0 Å². The lowest BCUT2D eigenvalue weighted by atomic mass is 10.1. The van der Waals surface area contributed by atoms with Crippen LogP contribution in [0.2, 0.25) is 0 Å². The Bertz CT molecular complexity index is 245. The third kappa shape index (κ3) is 3.92. The maximum absolute atomic E-state index is 12.7. The van der Waals surface area contributed by atoms with Gasteiger partial charge in [-0.3, -0.25) is 0 Å². The monoisotopic (exact) mass is 194 g/mol. The van der Waals surface area contributed by atoms with E-state index in [2.05, 4.69) is 13.2 Å². The largest absolute Gasteiger partial charge is 0.418 e. The fourth-order valence-corrected chi connectivity index (χ4v) is 0.504. The maximum Gasteiger partial charge on any atom is 0.418 e. The molecule has 74 valence electrons. The van der Waals surface area contributed by atoms with Gasteiger partial charge in [0.2, 0.25) is 0 Å². The van der Waals surface area contributed by atoms with Crippen LogP contribution < -0.4 is 0 Å². The third-order valence-electron chi connectivity index (χ3n) is 1.42. The summed E-state index contributed by atoms with van der Waals surface area (Å²) in [5.41, 5.74) is -1.18. The van der Waals surface area contributed by atoms with Gasteiger partial charge in [-0.2, -0.15) is 13.2 Å². The van der Waals surface area contributed by atoms with E-state index >= 15 is 0 Å². The summed E-state index contributed by atoms with van der Waals surface area (Å²) in [5, 5.41) is 0. The fraction of sp³-hybridized carbons (Fsp3) is 0.333. The van der Waals surface area contributed by atoms with Crippen LogP contribution in [-0.2, 0) is 0 Å². The molecule has 0 heterocycles. The standard InChI is InChI=1S/C9H10F4/c1-4-6(2)5-8(10)7(3)9(11,12)13/h5H,2-4H2,1H3/b8-5+. The summed E-state index contributed by atoms with van der Waals surface area (Å²) >= 11 is 0. The first kappa shape index (κ1) is 11.9. The van der Waals surface area contributed by atoms with E-state index in [-0.39, 0.29) is 0 Å². The molecule has 0 aromatic heterocycles. The zero-order valence-electron chi connectivity index (χ0n) is 7.21.